The van der Waals surface area contributed by atoms with E-state index in [0.717, 1.165) is 16.9 Å². The molecule has 3 amide bonds. The second-order valence-corrected chi connectivity index (χ2v) is 7.39. The van der Waals surface area contributed by atoms with Gasteiger partial charge in [-0.2, -0.15) is 0 Å². The van der Waals surface area contributed by atoms with Crippen molar-refractivity contribution in [3.63, 3.8) is 0 Å². The maximum absolute atomic E-state index is 12.7. The van der Waals surface area contributed by atoms with Crippen LogP contribution in [-0.4, -0.2) is 31.6 Å². The molecule has 0 saturated carbocycles. The predicted molar refractivity (Wildman–Crippen MR) is 118 cm³/mol. The van der Waals surface area contributed by atoms with Crippen LogP contribution < -0.4 is 20.3 Å². The minimum atomic E-state index is -0.668. The standard InChI is InChI=1S/C23H31N3O3/c1-7-24-23(28)26(6)19-10-8-9-18(14-19)25-22(27)17(5)29-21-13-16(4)11-12-20(21)15(2)3/h8-15,17H,7H2,1-6H3,(H,24,28)(H,25,27)/t17-/m0/s1. The Hall–Kier alpha value is -3.02. The third-order valence-corrected chi connectivity index (χ3v) is 4.60. The zero-order chi connectivity index (χ0) is 21.6. The SMILES string of the molecule is CCNC(=O)N(C)c1cccc(NC(=O)[C@H](C)Oc2cc(C)ccc2C(C)C)c1. The molecule has 6 nitrogen and oxygen atoms in total. The number of aryl methyl sites for hydroxylation is 1. The summed E-state index contributed by atoms with van der Waals surface area (Å²) in [5.74, 6) is 0.772. The maximum atomic E-state index is 12.7. The first-order chi connectivity index (χ1) is 13.7. The van der Waals surface area contributed by atoms with Crippen molar-refractivity contribution in [1.29, 1.82) is 0 Å². The van der Waals surface area contributed by atoms with Gasteiger partial charge in [0.25, 0.3) is 5.91 Å². The van der Waals surface area contributed by atoms with Crippen molar-refractivity contribution in [2.75, 3.05) is 23.8 Å². The number of carbonyl (C=O) groups is 2. The molecule has 0 radical (unpaired) electrons. The second kappa shape index (κ2) is 9.96. The fraction of sp³-hybridized carbons (Fsp3) is 0.391. The largest absolute Gasteiger partial charge is 0.481 e. The average molecular weight is 398 g/mol. The number of carbonyl (C=O) groups excluding carboxylic acids is 2. The molecule has 2 rings (SSSR count). The minimum absolute atomic E-state index is 0.201. The number of nitrogens with one attached hydrogen (secondary N) is 2. The molecule has 0 aliphatic heterocycles. The molecular formula is C23H31N3O3. The molecule has 1 atom stereocenters. The molecule has 2 N–H and O–H groups in total. The number of urea groups is 1. The van der Waals surface area contributed by atoms with Crippen LogP contribution in [0.2, 0.25) is 0 Å². The number of anilines is 2. The first-order valence-corrected chi connectivity index (χ1v) is 9.92. The van der Waals surface area contributed by atoms with Crippen molar-refractivity contribution in [3.8, 4) is 5.75 Å². The van der Waals surface area contributed by atoms with Crippen molar-refractivity contribution in [1.82, 2.24) is 5.32 Å². The van der Waals surface area contributed by atoms with E-state index in [4.69, 9.17) is 4.74 Å². The van der Waals surface area contributed by atoms with E-state index in [-0.39, 0.29) is 11.9 Å². The first-order valence-electron chi connectivity index (χ1n) is 9.92. The summed E-state index contributed by atoms with van der Waals surface area (Å²) in [5.41, 5.74) is 3.44. The van der Waals surface area contributed by atoms with Crippen molar-refractivity contribution < 1.29 is 14.3 Å². The highest BCUT2D eigenvalue weighted by Crippen LogP contribution is 2.28. The molecule has 0 spiro atoms. The van der Waals surface area contributed by atoms with E-state index in [0.29, 0.717) is 23.8 Å². The van der Waals surface area contributed by atoms with Gasteiger partial charge >= 0.3 is 6.03 Å². The van der Waals surface area contributed by atoms with Gasteiger partial charge in [-0.15, -0.1) is 0 Å². The first kappa shape index (κ1) is 22.3. The lowest BCUT2D eigenvalue weighted by Gasteiger charge is -2.20. The van der Waals surface area contributed by atoms with Gasteiger partial charge in [-0.1, -0.05) is 32.0 Å². The van der Waals surface area contributed by atoms with E-state index in [1.807, 2.05) is 38.1 Å². The molecule has 156 valence electrons. The van der Waals surface area contributed by atoms with E-state index < -0.39 is 6.10 Å². The van der Waals surface area contributed by atoms with Gasteiger partial charge in [-0.25, -0.2) is 4.79 Å². The van der Waals surface area contributed by atoms with E-state index in [2.05, 4.69) is 24.5 Å². The van der Waals surface area contributed by atoms with Gasteiger partial charge in [0.1, 0.15) is 5.75 Å². The Bertz CT molecular complexity index is 864. The summed E-state index contributed by atoms with van der Waals surface area (Å²) in [6, 6.07) is 13.0. The van der Waals surface area contributed by atoms with E-state index >= 15 is 0 Å². The number of rotatable bonds is 7. The average Bonchev–Trinajstić information content (AvgIpc) is 2.67. The Labute approximate surface area is 173 Å². The van der Waals surface area contributed by atoms with E-state index in [1.165, 1.54) is 4.90 Å². The third kappa shape index (κ3) is 5.98. The number of hydrogen-bond acceptors (Lipinski definition) is 3. The molecule has 0 aromatic heterocycles. The van der Waals surface area contributed by atoms with Gasteiger partial charge in [0.05, 0.1) is 0 Å². The Morgan fingerprint density at radius 3 is 2.48 bits per heavy atom. The van der Waals surface area contributed by atoms with Gasteiger partial charge in [-0.3, -0.25) is 9.69 Å². The van der Waals surface area contributed by atoms with Crippen LogP contribution in [-0.2, 0) is 4.79 Å². The highest BCUT2D eigenvalue weighted by Gasteiger charge is 2.18. The van der Waals surface area contributed by atoms with Crippen molar-refractivity contribution in [2.45, 2.75) is 46.6 Å². The fourth-order valence-electron chi connectivity index (χ4n) is 2.89. The van der Waals surface area contributed by atoms with Crippen LogP contribution in [0.5, 0.6) is 5.75 Å². The lowest BCUT2D eigenvalue weighted by atomic mass is 10.0. The topological polar surface area (TPSA) is 70.7 Å². The number of nitrogens with zero attached hydrogens (tertiary/aromatic N) is 1. The van der Waals surface area contributed by atoms with Crippen molar-refractivity contribution in [2.24, 2.45) is 0 Å². The van der Waals surface area contributed by atoms with Crippen LogP contribution in [0.25, 0.3) is 0 Å². The lowest BCUT2D eigenvalue weighted by Crippen LogP contribution is -2.37. The summed E-state index contributed by atoms with van der Waals surface area (Å²) in [6.07, 6.45) is -0.668. The summed E-state index contributed by atoms with van der Waals surface area (Å²) in [6.45, 7) is 10.3. The van der Waals surface area contributed by atoms with Crippen LogP contribution >= 0.6 is 0 Å². The fourth-order valence-corrected chi connectivity index (χ4v) is 2.89. The second-order valence-electron chi connectivity index (χ2n) is 7.39. The van der Waals surface area contributed by atoms with Crippen molar-refractivity contribution >= 4 is 23.3 Å². The summed E-state index contributed by atoms with van der Waals surface area (Å²) >= 11 is 0. The van der Waals surface area contributed by atoms with Gasteiger partial charge in [-0.05, 0) is 62.1 Å². The quantitative estimate of drug-likeness (QED) is 0.712. The molecule has 29 heavy (non-hydrogen) atoms. The van der Waals surface area contributed by atoms with Gasteiger partial charge in [0.2, 0.25) is 0 Å². The van der Waals surface area contributed by atoms with Crippen LogP contribution in [0, 0.1) is 6.92 Å². The minimum Gasteiger partial charge on any atom is -0.481 e. The highest BCUT2D eigenvalue weighted by molar-refractivity contribution is 5.96. The molecule has 0 saturated heterocycles. The number of ether oxygens (including phenoxy) is 1. The van der Waals surface area contributed by atoms with E-state index in [1.54, 1.807) is 32.2 Å². The summed E-state index contributed by atoms with van der Waals surface area (Å²) in [5, 5.41) is 5.62. The maximum Gasteiger partial charge on any atom is 0.321 e. The monoisotopic (exact) mass is 397 g/mol. The normalized spacial score (nSPS) is 11.7. The summed E-state index contributed by atoms with van der Waals surface area (Å²) < 4.78 is 5.98. The Morgan fingerprint density at radius 2 is 1.83 bits per heavy atom. The van der Waals surface area contributed by atoms with Crippen LogP contribution in [0.15, 0.2) is 42.5 Å². The molecule has 0 aliphatic rings. The molecule has 0 aliphatic carbocycles. The smallest absolute Gasteiger partial charge is 0.321 e. The highest BCUT2D eigenvalue weighted by atomic mass is 16.5. The summed E-state index contributed by atoms with van der Waals surface area (Å²) in [4.78, 5) is 26.2. The molecule has 0 unspecified atom stereocenters. The van der Waals surface area contributed by atoms with Crippen LogP contribution in [0.1, 0.15) is 44.7 Å². The lowest BCUT2D eigenvalue weighted by molar-refractivity contribution is -0.122. The Kier molecular flexibility index (Phi) is 7.65. The molecule has 0 bridgehead atoms. The molecule has 2 aromatic rings. The zero-order valence-electron chi connectivity index (χ0n) is 18.1. The molecular weight excluding hydrogens is 366 g/mol. The van der Waals surface area contributed by atoms with Crippen LogP contribution in [0.3, 0.4) is 0 Å². The van der Waals surface area contributed by atoms with Crippen molar-refractivity contribution in [3.05, 3.63) is 53.6 Å². The molecule has 6 heteroatoms. The van der Waals surface area contributed by atoms with Gasteiger partial charge in [0, 0.05) is 25.0 Å². The van der Waals surface area contributed by atoms with Gasteiger partial charge in [0.15, 0.2) is 6.10 Å². The predicted octanol–water partition coefficient (Wildman–Crippen LogP) is 4.69. The summed E-state index contributed by atoms with van der Waals surface area (Å²) in [7, 11) is 1.68. The van der Waals surface area contributed by atoms with Crippen LogP contribution in [0.4, 0.5) is 16.2 Å². The number of amides is 3. The molecule has 0 heterocycles. The zero-order valence-corrected chi connectivity index (χ0v) is 18.1. The number of hydrogen-bond donors (Lipinski definition) is 2. The third-order valence-electron chi connectivity index (χ3n) is 4.60. The van der Waals surface area contributed by atoms with Gasteiger partial charge < -0.3 is 15.4 Å². The Morgan fingerprint density at radius 1 is 1.10 bits per heavy atom. The molecule has 2 aromatic carbocycles. The van der Waals surface area contributed by atoms with E-state index in [9.17, 15) is 9.59 Å². The number of benzene rings is 2. The Balaban J connectivity index is 2.10. The molecule has 0 fully saturated rings.